The molecule has 8 nitrogen and oxygen atoms in total. The van der Waals surface area contributed by atoms with Crippen LogP contribution >= 0.6 is 34.0 Å². The van der Waals surface area contributed by atoms with Crippen LogP contribution in [0.25, 0.3) is 288 Å². The standard InChI is InChI=1S/C44H25N3S.C38H21N3S.C37H20N2S/c1-2-10-28(11-3-1)44-45-41(43-42(46-44)34-15-6-7-19-37(34)48-43)27-20-23-29(24-21-27)47-35-18-9-17-33-31-14-5-4-13-30(31)32-16-8-12-26-22-25-36(47)40(38(26)32)39(33)35;1-2-10-23(11-3-1)37-39-35-28-15-6-7-19-31(28)42-36(35)38(40-37)41-29-18-9-17-27-25-14-5-4-13-24(25)26-16-8-12-22-20-21-30(41)34(32(22)26)33(27)29;1-2-11-23-22(10-1)24-14-7-9-21-19-20-30-35(32(21)24)34-25(23)15-8-17-29(34)39(30)37-36-33(26-12-3-5-16-28(26)38-37)27-13-4-6-18-31(27)40-36/h1-25H;1-21H;1-20H. The Hall–Kier alpha value is -16.4. The van der Waals surface area contributed by atoms with Gasteiger partial charge in [0.1, 0.15) is 0 Å². The molecule has 0 saturated carbocycles. The molecule has 0 fully saturated rings. The summed E-state index contributed by atoms with van der Waals surface area (Å²) in [6.07, 6.45) is 0. The largest absolute Gasteiger partial charge is 0.309 e. The van der Waals surface area contributed by atoms with E-state index in [0.29, 0.717) is 0 Å². The number of aromatic nitrogens is 8. The number of benzene rings is 19. The van der Waals surface area contributed by atoms with Crippen LogP contribution in [-0.2, 0) is 0 Å². The van der Waals surface area contributed by atoms with E-state index < -0.39 is 0 Å². The van der Waals surface area contributed by atoms with Crippen LogP contribution in [0.2, 0.25) is 0 Å². The summed E-state index contributed by atoms with van der Waals surface area (Å²) >= 11 is 5.39. The maximum Gasteiger partial charge on any atom is 0.162 e. The minimum atomic E-state index is 0.742. The molecule has 31 rings (SSSR count). The van der Waals surface area contributed by atoms with Gasteiger partial charge in [-0.15, -0.1) is 34.0 Å². The second-order valence-electron chi connectivity index (χ2n) is 34.2. The second-order valence-corrected chi connectivity index (χ2v) is 37.3. The monoisotopic (exact) mass is 1700 g/mol. The highest BCUT2D eigenvalue weighted by molar-refractivity contribution is 7.27. The quantitative estimate of drug-likeness (QED) is 0.166. The predicted molar refractivity (Wildman–Crippen MR) is 550 cm³/mol. The molecule has 0 unspecified atom stereocenters. The normalized spacial score (nSPS) is 12.3. The molecule has 3 aliphatic carbocycles. The first-order chi connectivity index (χ1) is 64.5. The molecule has 0 amide bonds. The summed E-state index contributed by atoms with van der Waals surface area (Å²) in [5.41, 5.74) is 30.9. The van der Waals surface area contributed by atoms with Gasteiger partial charge in [-0.05, 0) is 172 Å². The Balaban J connectivity index is 0.0000000964. The number of hydrogen-bond donors (Lipinski definition) is 0. The average molecular weight is 1700 g/mol. The minimum absolute atomic E-state index is 0.742. The summed E-state index contributed by atoms with van der Waals surface area (Å²) in [6.45, 7) is 0. The van der Waals surface area contributed by atoms with Crippen LogP contribution in [0, 0.1) is 0 Å². The van der Waals surface area contributed by atoms with Gasteiger partial charge in [0.25, 0.3) is 0 Å². The van der Waals surface area contributed by atoms with Crippen LogP contribution in [0.3, 0.4) is 0 Å². The van der Waals surface area contributed by atoms with Crippen molar-refractivity contribution in [3.8, 4) is 118 Å². The van der Waals surface area contributed by atoms with Gasteiger partial charge in [0, 0.05) is 95.7 Å². The van der Waals surface area contributed by atoms with Crippen molar-refractivity contribution in [2.75, 3.05) is 0 Å². The Bertz CT molecular complexity index is 9840. The number of hydrogen-bond acceptors (Lipinski definition) is 8. The lowest BCUT2D eigenvalue weighted by Gasteiger charge is -2.14. The predicted octanol–water partition coefficient (Wildman–Crippen LogP) is 33.0. The third-order valence-corrected chi connectivity index (χ3v) is 30.9. The van der Waals surface area contributed by atoms with Gasteiger partial charge in [-0.1, -0.05) is 328 Å². The summed E-state index contributed by atoms with van der Waals surface area (Å²) in [7, 11) is 0. The molecule has 3 aliphatic rings. The average Bonchev–Trinajstić information content (AvgIpc) is 1.42. The van der Waals surface area contributed by atoms with E-state index in [1.807, 2.05) is 35.6 Å². The maximum absolute atomic E-state index is 5.41. The van der Waals surface area contributed by atoms with Crippen molar-refractivity contribution in [2.24, 2.45) is 0 Å². The first-order valence-corrected chi connectivity index (χ1v) is 46.6. The van der Waals surface area contributed by atoms with E-state index in [-0.39, 0.29) is 0 Å². The van der Waals surface area contributed by atoms with Gasteiger partial charge < -0.3 is 4.57 Å². The molecule has 600 valence electrons. The van der Waals surface area contributed by atoms with E-state index in [1.165, 1.54) is 205 Å². The molecule has 0 atom stereocenters. The van der Waals surface area contributed by atoms with Crippen molar-refractivity contribution in [3.05, 3.63) is 400 Å². The number of nitrogens with zero attached hydrogens (tertiary/aromatic N) is 8. The van der Waals surface area contributed by atoms with Crippen LogP contribution in [0.15, 0.2) is 400 Å². The molecule has 19 aromatic carbocycles. The maximum atomic E-state index is 5.41. The first kappa shape index (κ1) is 71.8. The van der Waals surface area contributed by atoms with E-state index in [1.54, 1.807) is 22.7 Å². The molecule has 0 N–H and O–H groups in total. The Morgan fingerprint density at radius 1 is 0.185 bits per heavy atom. The molecule has 0 spiro atoms. The minimum Gasteiger partial charge on any atom is -0.309 e. The third-order valence-electron chi connectivity index (χ3n) is 27.4. The van der Waals surface area contributed by atoms with Gasteiger partial charge in [-0.25, -0.2) is 24.9 Å². The van der Waals surface area contributed by atoms with E-state index in [4.69, 9.17) is 24.9 Å². The zero-order valence-electron chi connectivity index (χ0n) is 69.4. The fraction of sp³-hybridized carbons (Fsp3) is 0. The fourth-order valence-electron chi connectivity index (χ4n) is 22.0. The zero-order valence-corrected chi connectivity index (χ0v) is 71.9. The Morgan fingerprint density at radius 2 is 0.523 bits per heavy atom. The van der Waals surface area contributed by atoms with E-state index in [9.17, 15) is 0 Å². The number of para-hydroxylation sites is 1. The molecular weight excluding hydrogens is 1640 g/mol. The van der Waals surface area contributed by atoms with Crippen molar-refractivity contribution in [3.63, 3.8) is 0 Å². The van der Waals surface area contributed by atoms with Gasteiger partial charge in [0.05, 0.1) is 69.4 Å². The highest BCUT2D eigenvalue weighted by Crippen LogP contribution is 2.56. The molecule has 28 aromatic rings. The van der Waals surface area contributed by atoms with Crippen molar-refractivity contribution in [2.45, 2.75) is 0 Å². The van der Waals surface area contributed by atoms with Crippen LogP contribution in [-0.4, -0.2) is 38.6 Å². The third kappa shape index (κ3) is 10.2. The van der Waals surface area contributed by atoms with Crippen molar-refractivity contribution in [1.29, 1.82) is 0 Å². The van der Waals surface area contributed by atoms with Gasteiger partial charge in [-0.2, -0.15) is 0 Å². The molecule has 11 heteroatoms. The summed E-state index contributed by atoms with van der Waals surface area (Å²) < 4.78 is 14.4. The number of fused-ring (bicyclic) bond motifs is 20. The summed E-state index contributed by atoms with van der Waals surface area (Å²) in [6, 6.07) is 145. The van der Waals surface area contributed by atoms with Crippen LogP contribution < -0.4 is 0 Å². The molecule has 0 bridgehead atoms. The Labute approximate surface area is 754 Å². The molecule has 9 heterocycles. The molecule has 130 heavy (non-hydrogen) atoms. The van der Waals surface area contributed by atoms with Crippen molar-refractivity contribution in [1.82, 2.24) is 38.6 Å². The van der Waals surface area contributed by atoms with Gasteiger partial charge >= 0.3 is 0 Å². The second kappa shape index (κ2) is 27.5. The van der Waals surface area contributed by atoms with E-state index in [0.717, 1.165) is 82.8 Å². The van der Waals surface area contributed by atoms with Crippen LogP contribution in [0.4, 0.5) is 0 Å². The smallest absolute Gasteiger partial charge is 0.162 e. The molecule has 0 radical (unpaired) electrons. The first-order valence-electron chi connectivity index (χ1n) is 44.1. The van der Waals surface area contributed by atoms with Crippen LogP contribution in [0.1, 0.15) is 0 Å². The number of thiophene rings is 3. The lowest BCUT2D eigenvalue weighted by Crippen LogP contribution is -2.01. The highest BCUT2D eigenvalue weighted by Gasteiger charge is 2.32. The zero-order chi connectivity index (χ0) is 84.7. The number of pyridine rings is 1. The van der Waals surface area contributed by atoms with Crippen molar-refractivity contribution < 1.29 is 0 Å². The summed E-state index contributed by atoms with van der Waals surface area (Å²) in [5.74, 6) is 3.44. The lowest BCUT2D eigenvalue weighted by molar-refractivity contribution is 1.08. The van der Waals surface area contributed by atoms with E-state index in [2.05, 4.69) is 390 Å². The lowest BCUT2D eigenvalue weighted by atomic mass is 9.93. The summed E-state index contributed by atoms with van der Waals surface area (Å²) in [5, 5.41) is 21.7. The Kier molecular flexibility index (Phi) is 15.2. The Morgan fingerprint density at radius 3 is 1.00 bits per heavy atom. The van der Waals surface area contributed by atoms with Gasteiger partial charge in [-0.3, -0.25) is 9.13 Å². The number of rotatable bonds is 6. The van der Waals surface area contributed by atoms with Crippen LogP contribution in [0.5, 0.6) is 0 Å². The molecule has 0 aliphatic heterocycles. The molecule has 9 aromatic heterocycles. The van der Waals surface area contributed by atoms with E-state index >= 15 is 0 Å². The fourth-order valence-corrected chi connectivity index (χ4v) is 25.5. The molecule has 0 saturated heterocycles. The summed E-state index contributed by atoms with van der Waals surface area (Å²) in [4.78, 5) is 26.3. The van der Waals surface area contributed by atoms with Gasteiger partial charge in [0.2, 0.25) is 0 Å². The topological polar surface area (TPSA) is 79.2 Å². The van der Waals surface area contributed by atoms with Gasteiger partial charge in [0.15, 0.2) is 23.3 Å². The molecular formula is C119H66N8S3. The highest BCUT2D eigenvalue weighted by atomic mass is 32.1. The van der Waals surface area contributed by atoms with Crippen molar-refractivity contribution >= 4 is 203 Å². The SMILES string of the molecule is c1ccc(-c2nc(-c3ccc(-n4c5cccc6c5c5c7c(cccc7ccc54)-c4ccccc4-6)cc3)c3sc4ccccc4c3n2)cc1.c1ccc(-c2nc(-n3c4cccc5c4c4c6c(cccc6ccc43)-c3ccccc3-5)c3sc4ccccc4c3n2)cc1.c1ccc2c(c1)-c1cccc3ccc4c(c13)c1c-2cccc1n4-c1nc2ccccc2c2c1sc1ccccc12.